The molecular formula is C7H9NO2. The molecule has 2 rings (SSSR count). The van der Waals surface area contributed by atoms with E-state index in [-0.39, 0.29) is 0 Å². The van der Waals surface area contributed by atoms with Crippen LogP contribution in [0.1, 0.15) is 18.0 Å². The van der Waals surface area contributed by atoms with E-state index in [1.54, 1.807) is 6.26 Å². The van der Waals surface area contributed by atoms with Crippen LogP contribution in [0.4, 0.5) is 0 Å². The van der Waals surface area contributed by atoms with E-state index in [1.165, 1.54) is 0 Å². The van der Waals surface area contributed by atoms with Crippen LogP contribution >= 0.6 is 0 Å². The van der Waals surface area contributed by atoms with E-state index in [1.807, 2.05) is 6.07 Å². The Balaban J connectivity index is 2.12. The van der Waals surface area contributed by atoms with Crippen LogP contribution in [0.2, 0.25) is 0 Å². The Morgan fingerprint density at radius 1 is 1.60 bits per heavy atom. The number of hydrogen-bond acceptors (Lipinski definition) is 3. The van der Waals surface area contributed by atoms with Crippen LogP contribution in [0.25, 0.3) is 0 Å². The molecule has 1 atom stereocenters. The molecule has 0 aromatic carbocycles. The molecule has 0 bridgehead atoms. The maximum atomic E-state index is 5.20. The third-order valence-corrected chi connectivity index (χ3v) is 1.81. The molecule has 1 aromatic heterocycles. The molecule has 3 nitrogen and oxygen atoms in total. The molecule has 1 aromatic rings. The lowest BCUT2D eigenvalue weighted by atomic mass is 10.1. The van der Waals surface area contributed by atoms with E-state index >= 15 is 0 Å². The average molecular weight is 139 g/mol. The summed E-state index contributed by atoms with van der Waals surface area (Å²) in [5, 5.41) is 3.84. The number of rotatable bonds is 1. The van der Waals surface area contributed by atoms with Crippen LogP contribution in [0, 0.1) is 0 Å². The quantitative estimate of drug-likeness (QED) is 0.586. The Kier molecular flexibility index (Phi) is 1.43. The summed E-state index contributed by atoms with van der Waals surface area (Å²) in [4.78, 5) is 0. The highest BCUT2D eigenvalue weighted by molar-refractivity contribution is 5.05. The van der Waals surface area contributed by atoms with Crippen molar-refractivity contribution in [2.75, 3.05) is 13.2 Å². The summed E-state index contributed by atoms with van der Waals surface area (Å²) >= 11 is 0. The van der Waals surface area contributed by atoms with Gasteiger partial charge in [-0.05, 0) is 6.42 Å². The highest BCUT2D eigenvalue weighted by atomic mass is 16.5. The average Bonchev–Trinajstić information content (AvgIpc) is 2.59. The van der Waals surface area contributed by atoms with Gasteiger partial charge in [-0.1, -0.05) is 5.16 Å². The third-order valence-electron chi connectivity index (χ3n) is 1.81. The molecule has 0 N–H and O–H groups in total. The maximum absolute atomic E-state index is 5.20. The maximum Gasteiger partial charge on any atom is 0.124 e. The predicted octanol–water partition coefficient (Wildman–Crippen LogP) is 1.18. The molecule has 1 aliphatic rings. The van der Waals surface area contributed by atoms with Crippen molar-refractivity contribution in [3.8, 4) is 0 Å². The topological polar surface area (TPSA) is 35.3 Å². The van der Waals surface area contributed by atoms with Crippen LogP contribution in [0.3, 0.4) is 0 Å². The van der Waals surface area contributed by atoms with Gasteiger partial charge in [0.05, 0.1) is 12.3 Å². The van der Waals surface area contributed by atoms with Crippen molar-refractivity contribution in [1.82, 2.24) is 5.16 Å². The number of hydrogen-bond donors (Lipinski definition) is 0. The van der Waals surface area contributed by atoms with Crippen molar-refractivity contribution < 1.29 is 9.26 Å². The molecule has 54 valence electrons. The van der Waals surface area contributed by atoms with Crippen molar-refractivity contribution >= 4 is 0 Å². The van der Waals surface area contributed by atoms with Gasteiger partial charge in [-0.25, -0.2) is 0 Å². The fraction of sp³-hybridized carbons (Fsp3) is 0.571. The SMILES string of the molecule is c1cc(C2CCOC2)no1. The minimum absolute atomic E-state index is 0.471. The van der Waals surface area contributed by atoms with Gasteiger partial charge in [0, 0.05) is 18.6 Å². The molecule has 1 saturated heterocycles. The van der Waals surface area contributed by atoms with Gasteiger partial charge >= 0.3 is 0 Å². The first-order chi connectivity index (χ1) is 4.97. The normalized spacial score (nSPS) is 25.4. The molecule has 1 fully saturated rings. The van der Waals surface area contributed by atoms with Gasteiger partial charge in [-0.3, -0.25) is 0 Å². The predicted molar refractivity (Wildman–Crippen MR) is 34.7 cm³/mol. The molecule has 3 heteroatoms. The van der Waals surface area contributed by atoms with Gasteiger partial charge in [0.15, 0.2) is 0 Å². The van der Waals surface area contributed by atoms with Gasteiger partial charge in [-0.2, -0.15) is 0 Å². The second kappa shape index (κ2) is 2.42. The summed E-state index contributed by atoms with van der Waals surface area (Å²) in [5.74, 6) is 0.471. The van der Waals surface area contributed by atoms with Gasteiger partial charge in [0.2, 0.25) is 0 Å². The number of aromatic nitrogens is 1. The lowest BCUT2D eigenvalue weighted by molar-refractivity contribution is 0.193. The number of nitrogens with zero attached hydrogens (tertiary/aromatic N) is 1. The van der Waals surface area contributed by atoms with Crippen molar-refractivity contribution in [3.63, 3.8) is 0 Å². The van der Waals surface area contributed by atoms with Gasteiger partial charge in [0.25, 0.3) is 0 Å². The minimum atomic E-state index is 0.471. The highest BCUT2D eigenvalue weighted by Crippen LogP contribution is 2.22. The molecule has 0 aliphatic carbocycles. The van der Waals surface area contributed by atoms with E-state index in [4.69, 9.17) is 9.26 Å². The van der Waals surface area contributed by atoms with Crippen molar-refractivity contribution in [2.45, 2.75) is 12.3 Å². The lowest BCUT2D eigenvalue weighted by Gasteiger charge is -1.98. The Morgan fingerprint density at radius 2 is 2.60 bits per heavy atom. The van der Waals surface area contributed by atoms with E-state index in [0.29, 0.717) is 5.92 Å². The van der Waals surface area contributed by atoms with Crippen molar-refractivity contribution in [3.05, 3.63) is 18.0 Å². The van der Waals surface area contributed by atoms with Crippen LogP contribution in [-0.4, -0.2) is 18.4 Å². The van der Waals surface area contributed by atoms with E-state index in [9.17, 15) is 0 Å². The zero-order chi connectivity index (χ0) is 6.81. The first kappa shape index (κ1) is 5.92. The van der Waals surface area contributed by atoms with E-state index in [2.05, 4.69) is 5.16 Å². The van der Waals surface area contributed by atoms with Gasteiger partial charge in [-0.15, -0.1) is 0 Å². The standard InChI is InChI=1S/C7H9NO2/c1-3-9-5-6(1)7-2-4-10-8-7/h2,4,6H,1,3,5H2. The van der Waals surface area contributed by atoms with E-state index < -0.39 is 0 Å². The lowest BCUT2D eigenvalue weighted by Crippen LogP contribution is -1.96. The van der Waals surface area contributed by atoms with Crippen LogP contribution in [-0.2, 0) is 4.74 Å². The van der Waals surface area contributed by atoms with Gasteiger partial charge < -0.3 is 9.26 Å². The Bertz CT molecular complexity index is 189. The van der Waals surface area contributed by atoms with Crippen molar-refractivity contribution in [1.29, 1.82) is 0 Å². The molecule has 1 aliphatic heterocycles. The number of ether oxygens (including phenoxy) is 1. The molecular weight excluding hydrogens is 130 g/mol. The van der Waals surface area contributed by atoms with Crippen LogP contribution in [0.5, 0.6) is 0 Å². The van der Waals surface area contributed by atoms with Crippen LogP contribution in [0.15, 0.2) is 16.9 Å². The molecule has 0 saturated carbocycles. The summed E-state index contributed by atoms with van der Waals surface area (Å²) in [7, 11) is 0. The summed E-state index contributed by atoms with van der Waals surface area (Å²) in [6.45, 7) is 1.66. The highest BCUT2D eigenvalue weighted by Gasteiger charge is 2.19. The first-order valence-corrected chi connectivity index (χ1v) is 3.45. The Hall–Kier alpha value is -0.830. The van der Waals surface area contributed by atoms with Gasteiger partial charge in [0.1, 0.15) is 6.26 Å². The van der Waals surface area contributed by atoms with E-state index in [0.717, 1.165) is 25.3 Å². The second-order valence-corrected chi connectivity index (χ2v) is 2.48. The molecule has 1 unspecified atom stereocenters. The fourth-order valence-electron chi connectivity index (χ4n) is 1.20. The summed E-state index contributed by atoms with van der Waals surface area (Å²) in [6.07, 6.45) is 2.68. The molecule has 10 heavy (non-hydrogen) atoms. The zero-order valence-corrected chi connectivity index (χ0v) is 5.62. The molecule has 2 heterocycles. The second-order valence-electron chi connectivity index (χ2n) is 2.48. The molecule has 0 amide bonds. The Labute approximate surface area is 59.0 Å². The monoisotopic (exact) mass is 139 g/mol. The minimum Gasteiger partial charge on any atom is -0.381 e. The summed E-state index contributed by atoms with van der Waals surface area (Å²) < 4.78 is 9.92. The molecule has 0 radical (unpaired) electrons. The largest absolute Gasteiger partial charge is 0.381 e. The first-order valence-electron chi connectivity index (χ1n) is 3.45. The summed E-state index contributed by atoms with van der Waals surface area (Å²) in [6, 6.07) is 1.90. The summed E-state index contributed by atoms with van der Waals surface area (Å²) in [5.41, 5.74) is 1.03. The molecule has 0 spiro atoms. The fourth-order valence-corrected chi connectivity index (χ4v) is 1.20. The zero-order valence-electron chi connectivity index (χ0n) is 5.62. The smallest absolute Gasteiger partial charge is 0.124 e. The third kappa shape index (κ3) is 0.926. The Morgan fingerprint density at radius 3 is 3.20 bits per heavy atom. The van der Waals surface area contributed by atoms with Crippen LogP contribution < -0.4 is 0 Å². The van der Waals surface area contributed by atoms with Crippen molar-refractivity contribution in [2.24, 2.45) is 0 Å².